The first-order valence-electron chi connectivity index (χ1n) is 15.5. The third kappa shape index (κ3) is 6.83. The highest BCUT2D eigenvalue weighted by Crippen LogP contribution is 2.51. The summed E-state index contributed by atoms with van der Waals surface area (Å²) in [7, 11) is 0. The Hall–Kier alpha value is -3.32. The van der Waals surface area contributed by atoms with Gasteiger partial charge in [0.1, 0.15) is 11.9 Å². The van der Waals surface area contributed by atoms with Crippen LogP contribution < -0.4 is 15.4 Å². The molecule has 0 radical (unpaired) electrons. The molecule has 0 spiro atoms. The quantitative estimate of drug-likeness (QED) is 0.336. The van der Waals surface area contributed by atoms with Crippen molar-refractivity contribution in [2.45, 2.75) is 97.3 Å². The number of hydrogen-bond acceptors (Lipinski definition) is 6. The van der Waals surface area contributed by atoms with Crippen LogP contribution in [0.5, 0.6) is 5.75 Å². The molecule has 1 fully saturated rings. The van der Waals surface area contributed by atoms with E-state index in [1.54, 1.807) is 6.92 Å². The molecule has 5 rings (SSSR count). The monoisotopic (exact) mass is 576 g/mol. The number of carbonyl (C=O) groups excluding carboxylic acids is 1. The Kier molecular flexibility index (Phi) is 10.4. The lowest BCUT2D eigenvalue weighted by molar-refractivity contribution is -0.156. The third-order valence-corrected chi connectivity index (χ3v) is 8.88. The molecule has 3 heterocycles. The highest BCUT2D eigenvalue weighted by atomic mass is 16.5. The fourth-order valence-electron chi connectivity index (χ4n) is 6.67. The van der Waals surface area contributed by atoms with Crippen LogP contribution in [0.2, 0.25) is 0 Å². The standard InChI is InChI=1S/C30H37NO5.C5H11N/c1-7-30(6)25(29(34)35-17(2)3)24(23(28(32)33)19(5)31-30)22-15-11-14-21-16-18(4)26(36-27(21)22)20-12-9-8-10-13-20;1-2-4-6-5-3-1/h8-15,17-18,24-26,31H,7,16H2,1-6H3,(H,32,33);6H,1-5H2. The number of aliphatic carboxylic acids is 1. The highest BCUT2D eigenvalue weighted by molar-refractivity contribution is 5.92. The van der Waals surface area contributed by atoms with Crippen molar-refractivity contribution in [1.29, 1.82) is 0 Å². The summed E-state index contributed by atoms with van der Waals surface area (Å²) in [6.07, 6.45) is 5.14. The van der Waals surface area contributed by atoms with Crippen molar-refractivity contribution in [1.82, 2.24) is 10.6 Å². The van der Waals surface area contributed by atoms with Crippen LogP contribution in [0.25, 0.3) is 0 Å². The molecule has 7 heteroatoms. The zero-order valence-corrected chi connectivity index (χ0v) is 26.0. The van der Waals surface area contributed by atoms with Crippen molar-refractivity contribution in [3.05, 3.63) is 76.5 Å². The van der Waals surface area contributed by atoms with E-state index in [0.717, 1.165) is 23.1 Å². The second-order valence-corrected chi connectivity index (χ2v) is 12.5. The van der Waals surface area contributed by atoms with E-state index in [4.69, 9.17) is 9.47 Å². The maximum Gasteiger partial charge on any atom is 0.333 e. The van der Waals surface area contributed by atoms with Gasteiger partial charge in [-0.05, 0) is 77.6 Å². The molecule has 2 aromatic rings. The summed E-state index contributed by atoms with van der Waals surface area (Å²) in [6.45, 7) is 14.0. The molecule has 2 aromatic carbocycles. The SMILES string of the molecule is C1CCNCC1.CCC1(C)NC(C)=C(C(=O)O)C(c2cccc3c2OC(c2ccccc2)C(C)C3)C1C(=O)OC(C)C. The Bertz CT molecular complexity index is 1260. The van der Waals surface area contributed by atoms with Gasteiger partial charge in [0.05, 0.1) is 17.6 Å². The first-order valence-corrected chi connectivity index (χ1v) is 15.5. The highest BCUT2D eigenvalue weighted by Gasteiger charge is 2.52. The normalized spacial score (nSPS) is 27.1. The lowest BCUT2D eigenvalue weighted by Gasteiger charge is -2.47. The first kappa shape index (κ1) is 31.6. The summed E-state index contributed by atoms with van der Waals surface area (Å²) in [6, 6.07) is 16.0. The first-order chi connectivity index (χ1) is 20.1. The molecule has 0 amide bonds. The van der Waals surface area contributed by atoms with Gasteiger partial charge in [-0.2, -0.15) is 0 Å². The van der Waals surface area contributed by atoms with Gasteiger partial charge >= 0.3 is 11.9 Å². The van der Waals surface area contributed by atoms with Crippen LogP contribution in [-0.2, 0) is 20.7 Å². The van der Waals surface area contributed by atoms with Gasteiger partial charge in [-0.25, -0.2) is 4.79 Å². The number of carbonyl (C=O) groups is 2. The fourth-order valence-corrected chi connectivity index (χ4v) is 6.67. The molecule has 3 N–H and O–H groups in total. The number of carboxylic acids is 1. The van der Waals surface area contributed by atoms with E-state index in [9.17, 15) is 14.7 Å². The molecule has 0 aliphatic carbocycles. The predicted octanol–water partition coefficient (Wildman–Crippen LogP) is 6.54. The van der Waals surface area contributed by atoms with Gasteiger partial charge in [-0.15, -0.1) is 0 Å². The van der Waals surface area contributed by atoms with Crippen LogP contribution in [0.15, 0.2) is 59.8 Å². The number of piperidine rings is 1. The topological polar surface area (TPSA) is 96.9 Å². The molecule has 3 aliphatic rings. The Morgan fingerprint density at radius 3 is 2.31 bits per heavy atom. The molecule has 42 heavy (non-hydrogen) atoms. The molecule has 5 unspecified atom stereocenters. The lowest BCUT2D eigenvalue weighted by atomic mass is 9.66. The van der Waals surface area contributed by atoms with E-state index in [-0.39, 0.29) is 23.7 Å². The van der Waals surface area contributed by atoms with Crippen LogP contribution >= 0.6 is 0 Å². The molecule has 5 atom stereocenters. The van der Waals surface area contributed by atoms with Crippen LogP contribution in [0.3, 0.4) is 0 Å². The van der Waals surface area contributed by atoms with E-state index in [1.165, 1.54) is 32.4 Å². The van der Waals surface area contributed by atoms with Crippen molar-refractivity contribution in [3.8, 4) is 5.75 Å². The number of fused-ring (bicyclic) bond motifs is 1. The van der Waals surface area contributed by atoms with Crippen molar-refractivity contribution < 1.29 is 24.2 Å². The summed E-state index contributed by atoms with van der Waals surface area (Å²) < 4.78 is 12.4. The number of carboxylic acid groups (broad SMARTS) is 1. The predicted molar refractivity (Wildman–Crippen MR) is 165 cm³/mol. The minimum absolute atomic E-state index is 0.168. The van der Waals surface area contributed by atoms with Crippen LogP contribution in [0.4, 0.5) is 0 Å². The van der Waals surface area contributed by atoms with Gasteiger partial charge < -0.3 is 25.2 Å². The van der Waals surface area contributed by atoms with E-state index >= 15 is 0 Å². The van der Waals surface area contributed by atoms with Crippen molar-refractivity contribution in [2.24, 2.45) is 11.8 Å². The minimum atomic E-state index is -1.05. The van der Waals surface area contributed by atoms with Crippen molar-refractivity contribution >= 4 is 11.9 Å². The fraction of sp³-hybridized carbons (Fsp3) is 0.543. The van der Waals surface area contributed by atoms with Crippen molar-refractivity contribution in [3.63, 3.8) is 0 Å². The molecule has 0 bridgehead atoms. The summed E-state index contributed by atoms with van der Waals surface area (Å²) in [5, 5.41) is 17.0. The molecule has 3 aliphatic heterocycles. The molecule has 1 saturated heterocycles. The van der Waals surface area contributed by atoms with E-state index in [0.29, 0.717) is 17.9 Å². The number of allylic oxidation sites excluding steroid dienone is 1. The lowest BCUT2D eigenvalue weighted by Crippen LogP contribution is -2.57. The zero-order chi connectivity index (χ0) is 30.4. The Morgan fingerprint density at radius 2 is 1.76 bits per heavy atom. The Labute approximate surface area is 251 Å². The molecular weight excluding hydrogens is 528 g/mol. The number of nitrogens with one attached hydrogen (secondary N) is 2. The smallest absolute Gasteiger partial charge is 0.333 e. The van der Waals surface area contributed by atoms with Crippen LogP contribution in [0.1, 0.15) is 95.9 Å². The third-order valence-electron chi connectivity index (χ3n) is 8.88. The maximum absolute atomic E-state index is 13.6. The summed E-state index contributed by atoms with van der Waals surface area (Å²) in [4.78, 5) is 26.3. The average molecular weight is 577 g/mol. The molecule has 0 saturated carbocycles. The van der Waals surface area contributed by atoms with Crippen molar-refractivity contribution in [2.75, 3.05) is 13.1 Å². The van der Waals surface area contributed by atoms with Crippen LogP contribution in [-0.4, -0.2) is 41.8 Å². The van der Waals surface area contributed by atoms with Gasteiger partial charge in [-0.1, -0.05) is 68.8 Å². The average Bonchev–Trinajstić information content (AvgIpc) is 2.97. The summed E-state index contributed by atoms with van der Waals surface area (Å²) in [5.74, 6) is -2.00. The van der Waals surface area contributed by atoms with Crippen LogP contribution in [0, 0.1) is 11.8 Å². The number of esters is 1. The Morgan fingerprint density at radius 1 is 1.07 bits per heavy atom. The largest absolute Gasteiger partial charge is 0.485 e. The van der Waals surface area contributed by atoms with Gasteiger partial charge in [0.15, 0.2) is 0 Å². The number of para-hydroxylation sites is 1. The maximum atomic E-state index is 13.6. The number of hydrogen-bond donors (Lipinski definition) is 3. The summed E-state index contributed by atoms with van der Waals surface area (Å²) >= 11 is 0. The molecule has 228 valence electrons. The number of ether oxygens (including phenoxy) is 2. The number of rotatable bonds is 6. The summed E-state index contributed by atoms with van der Waals surface area (Å²) in [5.41, 5.74) is 2.88. The Balaban J connectivity index is 0.000000600. The molecule has 0 aromatic heterocycles. The minimum Gasteiger partial charge on any atom is -0.485 e. The molecular formula is C35H48N2O5. The van der Waals surface area contributed by atoms with Gasteiger partial charge in [0.2, 0.25) is 0 Å². The second kappa shape index (κ2) is 13.8. The van der Waals surface area contributed by atoms with E-state index in [2.05, 4.69) is 29.7 Å². The van der Waals surface area contributed by atoms with Gasteiger partial charge in [-0.3, -0.25) is 4.79 Å². The number of benzene rings is 2. The van der Waals surface area contributed by atoms with E-state index in [1.807, 2.05) is 64.1 Å². The molecule has 7 nitrogen and oxygen atoms in total. The zero-order valence-electron chi connectivity index (χ0n) is 26.0. The second-order valence-electron chi connectivity index (χ2n) is 12.5. The van der Waals surface area contributed by atoms with Gasteiger partial charge in [0, 0.05) is 28.6 Å². The van der Waals surface area contributed by atoms with Gasteiger partial charge in [0.25, 0.3) is 0 Å². The van der Waals surface area contributed by atoms with E-state index < -0.39 is 29.3 Å².